The quantitative estimate of drug-likeness (QED) is 0.0195. The number of nitrogens with zero attached hydrogens (tertiary/aromatic N) is 8. The van der Waals surface area contributed by atoms with Crippen LogP contribution in [-0.4, -0.2) is 123 Å². The number of pyridine rings is 2. The van der Waals surface area contributed by atoms with E-state index in [1.54, 1.807) is 10.8 Å². The molecule has 23 heteroatoms. The number of carbonyl (C=O) groups is 4. The minimum atomic E-state index is -1.27. The number of carbonyl (C=O) groups excluding carboxylic acids is 3. The van der Waals surface area contributed by atoms with E-state index in [4.69, 9.17) is 55.8 Å². The summed E-state index contributed by atoms with van der Waals surface area (Å²) in [6.07, 6.45) is 19.8. The number of esters is 2. The van der Waals surface area contributed by atoms with Crippen LogP contribution in [0.1, 0.15) is 240 Å². The molecule has 2 fully saturated rings. The van der Waals surface area contributed by atoms with Crippen molar-refractivity contribution in [3.63, 3.8) is 0 Å². The van der Waals surface area contributed by atoms with Crippen LogP contribution in [0.15, 0.2) is 48.8 Å². The Morgan fingerprint density at radius 3 is 1.55 bits per heavy atom. The molecule has 20 nitrogen and oxygen atoms in total. The molecule has 4 atom stereocenters. The molecule has 4 aromatic rings. The molecule has 2 aliphatic heterocycles. The molecular formula is C75H113KN9O11Si2+. The molecular weight excluding hydrogens is 1300 g/mol. The van der Waals surface area contributed by atoms with Gasteiger partial charge in [0.1, 0.15) is 19.5 Å². The van der Waals surface area contributed by atoms with Crippen molar-refractivity contribution in [1.82, 2.24) is 29.1 Å². The molecule has 0 spiro atoms. The van der Waals surface area contributed by atoms with Gasteiger partial charge in [0.25, 0.3) is 5.82 Å². The Bertz CT molecular complexity index is 3550. The Kier molecular flexibility index (Phi) is 30.5. The second-order valence-electron chi connectivity index (χ2n) is 32.6. The van der Waals surface area contributed by atoms with Crippen LogP contribution in [0.4, 0.5) is 11.5 Å². The summed E-state index contributed by atoms with van der Waals surface area (Å²) < 4.78 is 38.2. The van der Waals surface area contributed by atoms with Crippen LogP contribution < -0.4 is 57.1 Å². The minimum Gasteiger partial charge on any atom is -0.474 e. The average Bonchev–Trinajstić information content (AvgIpc) is 0.965. The third-order valence-corrected chi connectivity index (χ3v) is 21.8. The van der Waals surface area contributed by atoms with Gasteiger partial charge in [-0.25, -0.2) is 19.4 Å². The van der Waals surface area contributed by atoms with Gasteiger partial charge in [-0.05, 0) is 176 Å². The van der Waals surface area contributed by atoms with Gasteiger partial charge in [0, 0.05) is 71.4 Å². The predicted molar refractivity (Wildman–Crippen MR) is 386 cm³/mol. The third kappa shape index (κ3) is 25.2. The van der Waals surface area contributed by atoms with E-state index in [1.165, 1.54) is 16.3 Å². The number of carboxylic acids is 1. The van der Waals surface area contributed by atoms with Crippen molar-refractivity contribution in [3.8, 4) is 6.07 Å². The first-order valence-corrected chi connectivity index (χ1v) is 42.4. The number of ether oxygens (including phenoxy) is 6. The van der Waals surface area contributed by atoms with Gasteiger partial charge >= 0.3 is 75.1 Å². The van der Waals surface area contributed by atoms with Crippen LogP contribution in [0, 0.1) is 28.7 Å². The Hall–Kier alpha value is -5.03. The first-order valence-electron chi connectivity index (χ1n) is 35.0. The summed E-state index contributed by atoms with van der Waals surface area (Å²) in [6.45, 7) is 47.8. The number of unbranched alkanes of at least 4 members (excludes halogenated alkanes) is 2. The molecule has 0 bridgehead atoms. The van der Waals surface area contributed by atoms with E-state index in [0.29, 0.717) is 51.1 Å². The number of aromatic carboxylic acids is 1. The summed E-state index contributed by atoms with van der Waals surface area (Å²) in [4.78, 5) is 72.4. The molecule has 4 aliphatic rings. The summed E-state index contributed by atoms with van der Waals surface area (Å²) in [5.41, 5.74) is 11.6. The number of nitriles is 1. The van der Waals surface area contributed by atoms with Gasteiger partial charge in [-0.1, -0.05) is 123 Å². The number of nitrogen functional groups attached to an aromatic ring is 1. The molecule has 0 amide bonds. The Morgan fingerprint density at radius 2 is 1.12 bits per heavy atom. The Balaban J connectivity index is 0.000000295. The maximum absolute atomic E-state index is 13.9. The number of imidazole rings is 2. The van der Waals surface area contributed by atoms with Gasteiger partial charge in [-0.2, -0.15) is 5.26 Å². The SMILES string of the molecule is CCCCOC(=O)C1(C)CC(c2ccc(CC(=O)c3nc(C#N)cn3COCC[Si](C)(C)C)c(C3=CCC(C)(C)CC3)n2)CC(C)(C)O1.CCCCOC(=O)C1(C)CC(c2ccc(N)c(C3=CCC(C)(C)CC3)n2)CC(C)(C)O1.[C-]#[N+]c1cn(COCC[Si](C)(C)C)c(C(=O)O)n1.[K+]. The van der Waals surface area contributed by atoms with Gasteiger partial charge in [0.2, 0.25) is 5.78 Å². The number of ketones is 1. The number of hydrogen-bond acceptors (Lipinski definition) is 16. The Morgan fingerprint density at radius 1 is 0.663 bits per heavy atom. The largest absolute Gasteiger partial charge is 1.00 e. The molecule has 4 unspecified atom stereocenters. The maximum atomic E-state index is 13.9. The summed E-state index contributed by atoms with van der Waals surface area (Å²) in [6, 6.07) is 12.1. The van der Waals surface area contributed by atoms with Crippen LogP contribution in [-0.2, 0) is 57.9 Å². The number of carboxylic acid groups (broad SMARTS) is 1. The van der Waals surface area contributed by atoms with Crippen molar-refractivity contribution in [3.05, 3.63) is 106 Å². The number of nitrogens with two attached hydrogens (primary N) is 1. The van der Waals surface area contributed by atoms with Crippen molar-refractivity contribution in [2.24, 2.45) is 10.8 Å². The molecule has 3 N–H and O–H groups in total. The molecule has 0 aromatic carbocycles. The van der Waals surface area contributed by atoms with Crippen molar-refractivity contribution in [2.75, 3.05) is 32.2 Å². The minimum absolute atomic E-state index is 0. The van der Waals surface area contributed by atoms with E-state index in [1.807, 2.05) is 65.8 Å². The van der Waals surface area contributed by atoms with Gasteiger partial charge in [-0.15, -0.1) is 0 Å². The van der Waals surface area contributed by atoms with Crippen LogP contribution in [0.2, 0.25) is 51.4 Å². The molecule has 2 saturated heterocycles. The van der Waals surface area contributed by atoms with Crippen LogP contribution >= 0.6 is 0 Å². The number of Topliss-reactive ketones (excluding diaryl/α,β-unsaturated/α-hetero) is 1. The zero-order valence-corrected chi connectivity index (χ0v) is 67.8. The average molecular weight is 1410 g/mol. The molecule has 2 aliphatic carbocycles. The van der Waals surface area contributed by atoms with Gasteiger partial charge in [-0.3, -0.25) is 19.3 Å². The molecule has 0 saturated carbocycles. The van der Waals surface area contributed by atoms with Gasteiger partial charge in [0.05, 0.1) is 41.5 Å². The topological polar surface area (TPSA) is 259 Å². The van der Waals surface area contributed by atoms with E-state index < -0.39 is 44.5 Å². The van der Waals surface area contributed by atoms with E-state index >= 15 is 0 Å². The van der Waals surface area contributed by atoms with Crippen LogP contribution in [0.3, 0.4) is 0 Å². The monoisotopic (exact) mass is 1410 g/mol. The molecule has 6 heterocycles. The fraction of sp³-hybridized carbons (Fsp3) is 0.653. The van der Waals surface area contributed by atoms with E-state index in [-0.39, 0.29) is 129 Å². The molecule has 8 rings (SSSR count). The summed E-state index contributed by atoms with van der Waals surface area (Å²) in [7, 11) is -2.42. The molecule has 98 heavy (non-hydrogen) atoms. The summed E-state index contributed by atoms with van der Waals surface area (Å²) in [5, 5.41) is 18.5. The van der Waals surface area contributed by atoms with Crippen molar-refractivity contribution >= 4 is 62.5 Å². The maximum Gasteiger partial charge on any atom is 1.00 e. The summed E-state index contributed by atoms with van der Waals surface area (Å²) in [5.74, 6) is -1.74. The first kappa shape index (κ1) is 83.6. The molecule has 0 radical (unpaired) electrons. The zero-order chi connectivity index (χ0) is 72.0. The smallest absolute Gasteiger partial charge is 0.474 e. The van der Waals surface area contributed by atoms with Crippen molar-refractivity contribution in [1.29, 1.82) is 5.26 Å². The second-order valence-corrected chi connectivity index (χ2v) is 43.9. The molecule has 4 aromatic heterocycles. The fourth-order valence-corrected chi connectivity index (χ4v) is 14.3. The third-order valence-electron chi connectivity index (χ3n) is 18.4. The number of aromatic nitrogens is 6. The Labute approximate surface area is 629 Å². The van der Waals surface area contributed by atoms with E-state index in [9.17, 15) is 24.4 Å². The standard InChI is InChI=1S/C38H56N4O5Si.C26H40N2O3.C11H17N3O3Si.K/c1-10-11-18-46-35(44)38(6)23-29(22-37(4,5)47-38)31-13-12-28(33(41-31)27-14-16-36(2,3)17-15-27)21-32(43)34-40-30(24-39)25-42(34)26-45-19-20-48(7,8)9;1-7-8-15-30-23(29)26(6)17-19(16-25(4,5)31-26)21-10-9-20(27)22(28-21)18-11-13-24(2,3)14-12-18;1-12-9-7-14(10(13-9)11(15)16)8-17-5-6-18(2,3)4;/h12-14,25,29H,10-11,15-23,26H2,1-9H3;9-11,19H,7-8,12-17,27H2,1-6H3;7H,5-6,8H2,2-4H3,(H,15,16);/q;;;+1. The number of hydrogen-bond donors (Lipinski definition) is 2. The van der Waals surface area contributed by atoms with Crippen LogP contribution in [0.25, 0.3) is 16.0 Å². The second kappa shape index (κ2) is 35.7. The fourth-order valence-electron chi connectivity index (χ4n) is 12.8. The molecule has 532 valence electrons. The van der Waals surface area contributed by atoms with Gasteiger partial charge < -0.3 is 48.7 Å². The van der Waals surface area contributed by atoms with Gasteiger partial charge in [0.15, 0.2) is 22.7 Å². The number of rotatable bonds is 26. The van der Waals surface area contributed by atoms with E-state index in [2.05, 4.69) is 114 Å². The number of anilines is 1. The summed E-state index contributed by atoms with van der Waals surface area (Å²) >= 11 is 0. The van der Waals surface area contributed by atoms with E-state index in [0.717, 1.165) is 122 Å². The normalized spacial score (nSPS) is 21.6. The van der Waals surface area contributed by atoms with Crippen LogP contribution in [0.5, 0.6) is 0 Å². The van der Waals surface area contributed by atoms with Crippen molar-refractivity contribution in [2.45, 2.75) is 278 Å². The van der Waals surface area contributed by atoms with Crippen molar-refractivity contribution < 1.29 is 104 Å². The number of allylic oxidation sites excluding steroid dienone is 4. The predicted octanol–water partition coefficient (Wildman–Crippen LogP) is 13.7. The first-order chi connectivity index (χ1) is 45.2. The zero-order valence-electron chi connectivity index (χ0n) is 62.7.